The van der Waals surface area contributed by atoms with Gasteiger partial charge in [0, 0.05) is 6.42 Å². The molecular weight excluding hydrogens is 208 g/mol. The number of ether oxygens (including phenoxy) is 1. The third-order valence-corrected chi connectivity index (χ3v) is 2.98. The first-order valence-electron chi connectivity index (χ1n) is 5.52. The molecule has 0 heterocycles. The van der Waals surface area contributed by atoms with Crippen LogP contribution >= 0.6 is 0 Å². The molecule has 0 amide bonds. The second-order valence-electron chi connectivity index (χ2n) is 4.69. The van der Waals surface area contributed by atoms with E-state index in [4.69, 9.17) is 9.16 Å². The Morgan fingerprint density at radius 2 is 2.00 bits per heavy atom. The van der Waals surface area contributed by atoms with Crippen LogP contribution < -0.4 is 0 Å². The molecule has 15 heavy (non-hydrogen) atoms. The van der Waals surface area contributed by atoms with Gasteiger partial charge in [-0.2, -0.15) is 0 Å². The third-order valence-electron chi connectivity index (χ3n) is 2.12. The van der Waals surface area contributed by atoms with E-state index in [-0.39, 0.29) is 5.97 Å². The van der Waals surface area contributed by atoms with E-state index in [1.807, 2.05) is 6.92 Å². The van der Waals surface area contributed by atoms with Gasteiger partial charge in [0.1, 0.15) is 0 Å². The van der Waals surface area contributed by atoms with Gasteiger partial charge in [-0.05, 0) is 39.4 Å². The van der Waals surface area contributed by atoms with Crippen molar-refractivity contribution in [3.63, 3.8) is 0 Å². The summed E-state index contributed by atoms with van der Waals surface area (Å²) < 4.78 is 10.9. The Morgan fingerprint density at radius 1 is 1.33 bits per heavy atom. The molecule has 0 aromatic carbocycles. The van der Waals surface area contributed by atoms with Crippen molar-refractivity contribution in [3.05, 3.63) is 11.3 Å². The fraction of sp³-hybridized carbons (Fsp3) is 0.727. The van der Waals surface area contributed by atoms with Crippen molar-refractivity contribution in [1.29, 1.82) is 0 Å². The predicted molar refractivity (Wildman–Crippen MR) is 61.9 cm³/mol. The topological polar surface area (TPSA) is 35.5 Å². The largest absolute Gasteiger partial charge is 0.547 e. The Kier molecular flexibility index (Phi) is 3.96. The van der Waals surface area contributed by atoms with Gasteiger partial charge in [0.25, 0.3) is 0 Å². The van der Waals surface area contributed by atoms with Crippen LogP contribution in [0.3, 0.4) is 0 Å². The number of hydrogen-bond donors (Lipinski definition) is 0. The summed E-state index contributed by atoms with van der Waals surface area (Å²) in [6, 6.07) is 0. The Hall–Kier alpha value is -0.773. The van der Waals surface area contributed by atoms with Gasteiger partial charge in [-0.1, -0.05) is 0 Å². The van der Waals surface area contributed by atoms with E-state index in [1.54, 1.807) is 0 Å². The molecule has 86 valence electrons. The summed E-state index contributed by atoms with van der Waals surface area (Å²) in [5.74, 6) is 0.691. The zero-order valence-electron chi connectivity index (χ0n) is 10.1. The number of allylic oxidation sites excluding steroid dienone is 1. The molecule has 1 aliphatic carbocycles. The lowest BCUT2D eigenvalue weighted by atomic mass is 10.2. The van der Waals surface area contributed by atoms with E-state index in [9.17, 15) is 4.79 Å². The zero-order valence-corrected chi connectivity index (χ0v) is 11.1. The third kappa shape index (κ3) is 3.70. The molecule has 0 bridgehead atoms. The molecule has 0 aromatic heterocycles. The molecule has 4 heteroatoms. The summed E-state index contributed by atoms with van der Waals surface area (Å²) in [5, 5.41) is 0. The molecule has 0 aliphatic heterocycles. The molecule has 0 fully saturated rings. The fourth-order valence-corrected chi connectivity index (χ4v) is 2.60. The van der Waals surface area contributed by atoms with Crippen LogP contribution in [0.2, 0.25) is 19.6 Å². The molecule has 0 saturated carbocycles. The number of carbonyl (C=O) groups is 1. The van der Waals surface area contributed by atoms with Gasteiger partial charge in [0.2, 0.25) is 8.32 Å². The van der Waals surface area contributed by atoms with E-state index in [0.29, 0.717) is 6.61 Å². The standard InChI is InChI=1S/C11H20O3Si/c1-5-13-11(12)9-7-6-8-10(9)14-15(2,3)4/h5-8H2,1-4H3. The Bertz CT molecular complexity index is 276. The van der Waals surface area contributed by atoms with E-state index in [2.05, 4.69) is 19.6 Å². The maximum absolute atomic E-state index is 11.6. The minimum atomic E-state index is -1.60. The predicted octanol–water partition coefficient (Wildman–Crippen LogP) is 2.84. The molecule has 0 atom stereocenters. The highest BCUT2D eigenvalue weighted by Crippen LogP contribution is 2.30. The number of esters is 1. The summed E-state index contributed by atoms with van der Waals surface area (Å²) in [6.45, 7) is 8.64. The van der Waals surface area contributed by atoms with Gasteiger partial charge >= 0.3 is 5.97 Å². The van der Waals surface area contributed by atoms with Crippen LogP contribution in [-0.2, 0) is 14.0 Å². The average Bonchev–Trinajstić information content (AvgIpc) is 2.49. The molecule has 0 aromatic rings. The minimum absolute atomic E-state index is 0.191. The lowest BCUT2D eigenvalue weighted by Crippen LogP contribution is -2.25. The molecule has 0 unspecified atom stereocenters. The molecule has 1 aliphatic rings. The minimum Gasteiger partial charge on any atom is -0.547 e. The normalized spacial score (nSPS) is 16.8. The maximum Gasteiger partial charge on any atom is 0.337 e. The van der Waals surface area contributed by atoms with Crippen LogP contribution in [0.4, 0.5) is 0 Å². The van der Waals surface area contributed by atoms with Crippen molar-refractivity contribution in [2.24, 2.45) is 0 Å². The maximum atomic E-state index is 11.6. The molecule has 0 spiro atoms. The van der Waals surface area contributed by atoms with Gasteiger partial charge in [0.15, 0.2) is 0 Å². The first-order valence-corrected chi connectivity index (χ1v) is 8.93. The Morgan fingerprint density at radius 3 is 2.53 bits per heavy atom. The van der Waals surface area contributed by atoms with Gasteiger partial charge in [-0.3, -0.25) is 0 Å². The Labute approximate surface area is 92.6 Å². The van der Waals surface area contributed by atoms with Crippen molar-refractivity contribution in [1.82, 2.24) is 0 Å². The van der Waals surface area contributed by atoms with Crippen molar-refractivity contribution in [3.8, 4) is 0 Å². The smallest absolute Gasteiger partial charge is 0.337 e. The molecule has 0 N–H and O–H groups in total. The van der Waals surface area contributed by atoms with Crippen LogP contribution in [0.25, 0.3) is 0 Å². The second-order valence-corrected chi connectivity index (χ2v) is 9.12. The van der Waals surface area contributed by atoms with E-state index in [0.717, 1.165) is 30.6 Å². The van der Waals surface area contributed by atoms with E-state index in [1.165, 1.54) is 0 Å². The van der Waals surface area contributed by atoms with E-state index >= 15 is 0 Å². The van der Waals surface area contributed by atoms with Gasteiger partial charge in [-0.15, -0.1) is 0 Å². The second kappa shape index (κ2) is 4.83. The Balaban J connectivity index is 2.74. The fourth-order valence-electron chi connectivity index (χ4n) is 1.63. The van der Waals surface area contributed by atoms with Crippen LogP contribution in [0.5, 0.6) is 0 Å². The van der Waals surface area contributed by atoms with Crippen molar-refractivity contribution >= 4 is 14.3 Å². The first-order chi connectivity index (χ1) is 6.94. The summed E-state index contributed by atoms with van der Waals surface area (Å²) >= 11 is 0. The SMILES string of the molecule is CCOC(=O)C1=C(O[Si](C)(C)C)CCC1. The lowest BCUT2D eigenvalue weighted by molar-refractivity contribution is -0.138. The van der Waals surface area contributed by atoms with Crippen molar-refractivity contribution < 1.29 is 14.0 Å². The monoisotopic (exact) mass is 228 g/mol. The lowest BCUT2D eigenvalue weighted by Gasteiger charge is -2.21. The molecule has 0 radical (unpaired) electrons. The van der Waals surface area contributed by atoms with Crippen LogP contribution in [-0.4, -0.2) is 20.9 Å². The van der Waals surface area contributed by atoms with E-state index < -0.39 is 8.32 Å². The molecule has 1 rings (SSSR count). The summed E-state index contributed by atoms with van der Waals surface area (Å²) in [7, 11) is -1.60. The number of rotatable bonds is 4. The molecule has 0 saturated heterocycles. The summed E-state index contributed by atoms with van der Waals surface area (Å²) in [4.78, 5) is 11.6. The molecule has 3 nitrogen and oxygen atoms in total. The highest BCUT2D eigenvalue weighted by Gasteiger charge is 2.27. The quantitative estimate of drug-likeness (QED) is 0.548. The highest BCUT2D eigenvalue weighted by molar-refractivity contribution is 6.70. The average molecular weight is 228 g/mol. The van der Waals surface area contributed by atoms with Gasteiger partial charge < -0.3 is 9.16 Å². The number of hydrogen-bond acceptors (Lipinski definition) is 3. The first kappa shape index (κ1) is 12.3. The summed E-state index contributed by atoms with van der Waals surface area (Å²) in [5.41, 5.74) is 0.763. The highest BCUT2D eigenvalue weighted by atomic mass is 28.4. The van der Waals surface area contributed by atoms with Crippen LogP contribution in [0, 0.1) is 0 Å². The van der Waals surface area contributed by atoms with Crippen LogP contribution in [0.15, 0.2) is 11.3 Å². The zero-order chi connectivity index (χ0) is 11.5. The van der Waals surface area contributed by atoms with Crippen molar-refractivity contribution in [2.45, 2.75) is 45.8 Å². The summed E-state index contributed by atoms with van der Waals surface area (Å²) in [6.07, 6.45) is 2.70. The molecular formula is C11H20O3Si. The number of carbonyl (C=O) groups excluding carboxylic acids is 1. The van der Waals surface area contributed by atoms with Gasteiger partial charge in [-0.25, -0.2) is 4.79 Å². The van der Waals surface area contributed by atoms with Gasteiger partial charge in [0.05, 0.1) is 17.9 Å². The van der Waals surface area contributed by atoms with Crippen LogP contribution in [0.1, 0.15) is 26.2 Å². The van der Waals surface area contributed by atoms with Crippen molar-refractivity contribution in [2.75, 3.05) is 6.61 Å².